The Kier molecular flexibility index (Phi) is 6.24. The molecule has 1 nitrogen and oxygen atoms in total. The van der Waals surface area contributed by atoms with E-state index in [2.05, 4.69) is 65.4 Å². The van der Waals surface area contributed by atoms with Crippen LogP contribution in [0.25, 0.3) is 0 Å². The zero-order valence-corrected chi connectivity index (χ0v) is 13.4. The molecule has 2 aromatic rings. The summed E-state index contributed by atoms with van der Waals surface area (Å²) in [4.78, 5) is 5.21. The fourth-order valence-electron chi connectivity index (χ4n) is 1.67. The Morgan fingerprint density at radius 2 is 1.52 bits per heavy atom. The van der Waals surface area contributed by atoms with Crippen LogP contribution in [0.1, 0.15) is 24.5 Å². The summed E-state index contributed by atoms with van der Waals surface area (Å²) in [5.74, 6) is 7.47. The van der Waals surface area contributed by atoms with Crippen LogP contribution in [0, 0.1) is 11.8 Å². The van der Waals surface area contributed by atoms with E-state index in [1.165, 1.54) is 11.3 Å². The molecule has 2 rings (SSSR count). The van der Waals surface area contributed by atoms with Crippen LogP contribution in [0.5, 0.6) is 0 Å². The summed E-state index contributed by atoms with van der Waals surface area (Å²) in [5.41, 5.74) is 2.78. The van der Waals surface area contributed by atoms with Gasteiger partial charge in [0.25, 0.3) is 0 Å². The van der Waals surface area contributed by atoms with Crippen molar-refractivity contribution in [3.8, 4) is 11.8 Å². The molecule has 104 valence electrons. The van der Waals surface area contributed by atoms with Crippen molar-refractivity contribution in [3.63, 3.8) is 0 Å². The number of thioether (sulfide) groups is 1. The minimum absolute atomic E-state index is 0.799. The number of thiocarbonyl (C=S) groups is 1. The molecule has 0 atom stereocenters. The fraction of sp³-hybridized carbons (Fsp3) is 0.167. The molecule has 2 aromatic carbocycles. The predicted octanol–water partition coefficient (Wildman–Crippen LogP) is 5.32. The monoisotopic (exact) mass is 309 g/mol. The van der Waals surface area contributed by atoms with Crippen molar-refractivity contribution in [3.05, 3.63) is 59.7 Å². The molecule has 21 heavy (non-hydrogen) atoms. The van der Waals surface area contributed by atoms with Crippen LogP contribution in [0.4, 0.5) is 5.69 Å². The summed E-state index contributed by atoms with van der Waals surface area (Å²) in [7, 11) is 0. The normalized spacial score (nSPS) is 9.38. The van der Waals surface area contributed by atoms with Gasteiger partial charge in [-0.1, -0.05) is 18.8 Å². The maximum absolute atomic E-state index is 4.57. The van der Waals surface area contributed by atoms with Gasteiger partial charge in [0.2, 0.25) is 0 Å². The van der Waals surface area contributed by atoms with Gasteiger partial charge in [0.15, 0.2) is 0 Å². The van der Waals surface area contributed by atoms with Crippen molar-refractivity contribution in [1.82, 2.24) is 0 Å². The van der Waals surface area contributed by atoms with E-state index < -0.39 is 0 Å². The van der Waals surface area contributed by atoms with Gasteiger partial charge < -0.3 is 0 Å². The Morgan fingerprint density at radius 3 is 2.05 bits per heavy atom. The van der Waals surface area contributed by atoms with Gasteiger partial charge in [0, 0.05) is 16.0 Å². The van der Waals surface area contributed by atoms with Crippen molar-refractivity contribution in [2.75, 3.05) is 5.75 Å². The van der Waals surface area contributed by atoms with Crippen LogP contribution in [0.15, 0.2) is 58.4 Å². The molecular formula is C18H15NS2. The SMILES string of the molecule is CCCSc1ccc(C#Cc2ccc(N=C=S)cc2)cc1. The lowest BCUT2D eigenvalue weighted by Crippen LogP contribution is -1.78. The Balaban J connectivity index is 2.06. The van der Waals surface area contributed by atoms with Gasteiger partial charge in [-0.2, -0.15) is 4.99 Å². The second kappa shape index (κ2) is 8.44. The first-order valence-electron chi connectivity index (χ1n) is 6.74. The average Bonchev–Trinajstić information content (AvgIpc) is 2.53. The van der Waals surface area contributed by atoms with Crippen LogP contribution in [-0.4, -0.2) is 10.9 Å². The molecule has 0 aliphatic rings. The lowest BCUT2D eigenvalue weighted by molar-refractivity contribution is 1.10. The van der Waals surface area contributed by atoms with E-state index in [1.807, 2.05) is 36.0 Å². The van der Waals surface area contributed by atoms with Gasteiger partial charge in [0.05, 0.1) is 10.8 Å². The Labute approximate surface area is 135 Å². The van der Waals surface area contributed by atoms with Crippen LogP contribution in [-0.2, 0) is 0 Å². The third-order valence-corrected chi connectivity index (χ3v) is 4.03. The minimum atomic E-state index is 0.799. The second-order valence-corrected chi connectivity index (χ2v) is 5.72. The van der Waals surface area contributed by atoms with Gasteiger partial charge in [-0.05, 0) is 72.9 Å². The highest BCUT2D eigenvalue weighted by atomic mass is 32.2. The quantitative estimate of drug-likeness (QED) is 0.328. The summed E-state index contributed by atoms with van der Waals surface area (Å²) >= 11 is 6.45. The molecule has 0 fully saturated rings. The molecule has 0 aromatic heterocycles. The molecule has 0 bridgehead atoms. The maximum Gasteiger partial charge on any atom is 0.0740 e. The first-order valence-corrected chi connectivity index (χ1v) is 8.14. The minimum Gasteiger partial charge on any atom is -0.195 e. The van der Waals surface area contributed by atoms with E-state index >= 15 is 0 Å². The molecule has 3 heteroatoms. The fourth-order valence-corrected chi connectivity index (χ4v) is 2.54. The van der Waals surface area contributed by atoms with Gasteiger partial charge in [0.1, 0.15) is 0 Å². The lowest BCUT2D eigenvalue weighted by Gasteiger charge is -1.99. The van der Waals surface area contributed by atoms with Crippen molar-refractivity contribution in [1.29, 1.82) is 0 Å². The number of rotatable bonds is 4. The molecule has 0 saturated carbocycles. The van der Waals surface area contributed by atoms with Crippen molar-refractivity contribution in [2.45, 2.75) is 18.2 Å². The highest BCUT2D eigenvalue weighted by Crippen LogP contribution is 2.18. The summed E-state index contributed by atoms with van der Waals surface area (Å²) in [5, 5.41) is 2.35. The second-order valence-electron chi connectivity index (χ2n) is 4.37. The highest BCUT2D eigenvalue weighted by Gasteiger charge is 1.93. The molecule has 0 radical (unpaired) electrons. The van der Waals surface area contributed by atoms with Gasteiger partial charge in [-0.25, -0.2) is 0 Å². The summed E-state index contributed by atoms with van der Waals surface area (Å²) in [6.07, 6.45) is 1.19. The van der Waals surface area contributed by atoms with E-state index in [0.717, 1.165) is 22.6 Å². The zero-order valence-electron chi connectivity index (χ0n) is 11.8. The Bertz CT molecular complexity index is 685. The van der Waals surface area contributed by atoms with E-state index in [9.17, 15) is 0 Å². The van der Waals surface area contributed by atoms with E-state index in [4.69, 9.17) is 0 Å². The first-order chi connectivity index (χ1) is 10.3. The van der Waals surface area contributed by atoms with Crippen molar-refractivity contribution < 1.29 is 0 Å². The molecule has 0 spiro atoms. The summed E-state index contributed by atoms with van der Waals surface area (Å²) in [6, 6.07) is 16.0. The molecule has 0 heterocycles. The summed E-state index contributed by atoms with van der Waals surface area (Å²) in [6.45, 7) is 2.19. The van der Waals surface area contributed by atoms with Crippen LogP contribution < -0.4 is 0 Å². The highest BCUT2D eigenvalue weighted by molar-refractivity contribution is 7.99. The maximum atomic E-state index is 4.57. The number of benzene rings is 2. The molecule has 0 aliphatic heterocycles. The van der Waals surface area contributed by atoms with Gasteiger partial charge in [-0.3, -0.25) is 0 Å². The molecule has 0 amide bonds. The molecule has 0 unspecified atom stereocenters. The Morgan fingerprint density at radius 1 is 0.952 bits per heavy atom. The van der Waals surface area contributed by atoms with Gasteiger partial charge >= 0.3 is 0 Å². The smallest absolute Gasteiger partial charge is 0.0740 e. The molecule has 0 aliphatic carbocycles. The van der Waals surface area contributed by atoms with Gasteiger partial charge in [-0.15, -0.1) is 11.8 Å². The molecule has 0 N–H and O–H groups in total. The molecule has 0 saturated heterocycles. The van der Waals surface area contributed by atoms with E-state index in [-0.39, 0.29) is 0 Å². The average molecular weight is 309 g/mol. The number of aliphatic imine (C=N–C) groups is 1. The zero-order chi connectivity index (χ0) is 14.9. The first kappa shape index (κ1) is 15.5. The van der Waals surface area contributed by atoms with E-state index in [0.29, 0.717) is 0 Å². The third-order valence-electron chi connectivity index (χ3n) is 2.72. The largest absolute Gasteiger partial charge is 0.195 e. The number of hydrogen-bond acceptors (Lipinski definition) is 3. The van der Waals surface area contributed by atoms with Crippen molar-refractivity contribution >= 4 is 34.8 Å². The lowest BCUT2D eigenvalue weighted by atomic mass is 10.2. The number of isothiocyanates is 1. The van der Waals surface area contributed by atoms with Crippen molar-refractivity contribution in [2.24, 2.45) is 4.99 Å². The van der Waals surface area contributed by atoms with Crippen LogP contribution >= 0.6 is 24.0 Å². The number of hydrogen-bond donors (Lipinski definition) is 0. The molecular weight excluding hydrogens is 294 g/mol. The predicted molar refractivity (Wildman–Crippen MR) is 94.6 cm³/mol. The number of nitrogens with zero attached hydrogens (tertiary/aromatic N) is 1. The van der Waals surface area contributed by atoms with Crippen LogP contribution in [0.2, 0.25) is 0 Å². The third kappa shape index (κ3) is 5.21. The standard InChI is InChI=1S/C18H15NS2/c1-2-13-21-18-11-7-16(8-12-18)4-3-15-5-9-17(10-6-15)19-14-20/h5-12H,2,13H2,1H3. The van der Waals surface area contributed by atoms with Crippen LogP contribution in [0.3, 0.4) is 0 Å². The summed E-state index contributed by atoms with van der Waals surface area (Å²) < 4.78 is 0. The van der Waals surface area contributed by atoms with E-state index in [1.54, 1.807) is 0 Å². The topological polar surface area (TPSA) is 12.4 Å². The Hall–Kier alpha value is -1.85.